The van der Waals surface area contributed by atoms with Crippen LogP contribution in [0.25, 0.3) is 6.08 Å². The second-order valence-corrected chi connectivity index (χ2v) is 3.37. The number of nitrogen functional groups attached to an aromatic ring is 1. The molecule has 0 aliphatic heterocycles. The summed E-state index contributed by atoms with van der Waals surface area (Å²) in [4.78, 5) is 14.4. The van der Waals surface area contributed by atoms with Gasteiger partial charge in [-0.1, -0.05) is 12.2 Å². The van der Waals surface area contributed by atoms with Gasteiger partial charge in [0.2, 0.25) is 0 Å². The molecular formula is C10H12N2O2S. The van der Waals surface area contributed by atoms with E-state index in [1.54, 1.807) is 6.07 Å². The van der Waals surface area contributed by atoms with Gasteiger partial charge in [-0.15, -0.1) is 0 Å². The minimum Gasteiger partial charge on any atom is -0.476 e. The minimum absolute atomic E-state index is 0.110. The zero-order chi connectivity index (χ0) is 11.3. The molecule has 0 unspecified atom stereocenters. The van der Waals surface area contributed by atoms with Crippen LogP contribution < -0.4 is 5.73 Å². The largest absolute Gasteiger partial charge is 0.476 e. The number of allylic oxidation sites excluding steroid dienone is 1. The fourth-order valence-corrected chi connectivity index (χ4v) is 1.21. The van der Waals surface area contributed by atoms with Gasteiger partial charge >= 0.3 is 5.97 Å². The van der Waals surface area contributed by atoms with Gasteiger partial charge < -0.3 is 10.8 Å². The van der Waals surface area contributed by atoms with Gasteiger partial charge in [0.1, 0.15) is 0 Å². The average molecular weight is 224 g/mol. The van der Waals surface area contributed by atoms with Crippen molar-refractivity contribution in [3.63, 3.8) is 0 Å². The molecule has 0 radical (unpaired) electrons. The number of carboxylic acids is 1. The van der Waals surface area contributed by atoms with Gasteiger partial charge in [0.25, 0.3) is 0 Å². The number of carbonyl (C=O) groups is 1. The first-order chi connectivity index (χ1) is 7.15. The predicted octanol–water partition coefficient (Wildman–Crippen LogP) is 1.70. The molecule has 0 aliphatic carbocycles. The molecule has 0 aliphatic rings. The molecule has 0 bridgehead atoms. The van der Waals surface area contributed by atoms with E-state index in [0.29, 0.717) is 0 Å². The van der Waals surface area contributed by atoms with Crippen molar-refractivity contribution in [1.82, 2.24) is 4.98 Å². The van der Waals surface area contributed by atoms with Crippen molar-refractivity contribution >= 4 is 30.4 Å². The Labute approximate surface area is 93.2 Å². The maximum absolute atomic E-state index is 10.6. The van der Waals surface area contributed by atoms with Crippen LogP contribution in [-0.2, 0) is 0 Å². The van der Waals surface area contributed by atoms with E-state index in [2.05, 4.69) is 17.6 Å². The van der Waals surface area contributed by atoms with Gasteiger partial charge in [0, 0.05) is 6.20 Å². The van der Waals surface area contributed by atoms with Gasteiger partial charge in [-0.05, 0) is 23.8 Å². The van der Waals surface area contributed by atoms with Crippen LogP contribution >= 0.6 is 12.6 Å². The monoisotopic (exact) mass is 224 g/mol. The van der Waals surface area contributed by atoms with Gasteiger partial charge in [0.15, 0.2) is 5.69 Å². The summed E-state index contributed by atoms with van der Waals surface area (Å²) < 4.78 is 0. The van der Waals surface area contributed by atoms with E-state index in [9.17, 15) is 4.79 Å². The number of anilines is 1. The lowest BCUT2D eigenvalue weighted by atomic mass is 10.2. The lowest BCUT2D eigenvalue weighted by Gasteiger charge is -2.00. The normalized spacial score (nSPS) is 10.7. The molecular weight excluding hydrogens is 212 g/mol. The van der Waals surface area contributed by atoms with E-state index in [4.69, 9.17) is 10.8 Å². The van der Waals surface area contributed by atoms with Crippen LogP contribution in [0.3, 0.4) is 0 Å². The highest BCUT2D eigenvalue weighted by Gasteiger charge is 2.08. The average Bonchev–Trinajstić information content (AvgIpc) is 2.17. The molecule has 0 saturated heterocycles. The Morgan fingerprint density at radius 2 is 2.40 bits per heavy atom. The van der Waals surface area contributed by atoms with Crippen molar-refractivity contribution in [2.75, 3.05) is 11.5 Å². The van der Waals surface area contributed by atoms with Gasteiger partial charge in [-0.25, -0.2) is 9.78 Å². The third-order valence-corrected chi connectivity index (χ3v) is 2.01. The van der Waals surface area contributed by atoms with Gasteiger partial charge in [-0.2, -0.15) is 12.6 Å². The van der Waals surface area contributed by atoms with E-state index in [0.717, 1.165) is 17.7 Å². The summed E-state index contributed by atoms with van der Waals surface area (Å²) in [5.74, 6) is -0.342. The number of aromatic nitrogens is 1. The molecule has 0 fully saturated rings. The lowest BCUT2D eigenvalue weighted by molar-refractivity contribution is 0.0692. The van der Waals surface area contributed by atoms with Crippen LogP contribution in [0, 0.1) is 0 Å². The maximum atomic E-state index is 10.6. The number of aromatic carboxylic acids is 1. The van der Waals surface area contributed by atoms with Crippen LogP contribution in [0.15, 0.2) is 18.3 Å². The molecule has 80 valence electrons. The quantitative estimate of drug-likeness (QED) is 0.680. The summed E-state index contributed by atoms with van der Waals surface area (Å²) in [6.07, 6.45) is 6.10. The smallest absolute Gasteiger partial charge is 0.356 e. The summed E-state index contributed by atoms with van der Waals surface area (Å²) >= 11 is 4.06. The molecule has 1 rings (SSSR count). The summed E-state index contributed by atoms with van der Waals surface area (Å²) in [5.41, 5.74) is 6.39. The number of pyridine rings is 1. The Kier molecular flexibility index (Phi) is 4.17. The van der Waals surface area contributed by atoms with Gasteiger partial charge in [-0.3, -0.25) is 0 Å². The Bertz CT molecular complexity index is 391. The summed E-state index contributed by atoms with van der Waals surface area (Å²) in [5, 5.41) is 8.70. The molecule has 1 heterocycles. The molecule has 0 atom stereocenters. The standard InChI is InChI=1S/C10H12N2O2S/c11-8-5-7(3-1-2-4-15)6-12-9(8)10(13)14/h1,3,5-6,15H,2,4,11H2,(H,13,14). The van der Waals surface area contributed by atoms with Crippen molar-refractivity contribution in [2.24, 2.45) is 0 Å². The highest BCUT2D eigenvalue weighted by atomic mass is 32.1. The second-order valence-electron chi connectivity index (χ2n) is 2.93. The Morgan fingerprint density at radius 1 is 1.67 bits per heavy atom. The van der Waals surface area contributed by atoms with Crippen LogP contribution in [0.5, 0.6) is 0 Å². The fourth-order valence-electron chi connectivity index (χ4n) is 1.06. The van der Waals surface area contributed by atoms with E-state index in [1.807, 2.05) is 12.2 Å². The zero-order valence-corrected chi connectivity index (χ0v) is 8.95. The zero-order valence-electron chi connectivity index (χ0n) is 8.05. The minimum atomic E-state index is -1.11. The van der Waals surface area contributed by atoms with Crippen LogP contribution in [0.2, 0.25) is 0 Å². The Hall–Kier alpha value is -1.49. The van der Waals surface area contributed by atoms with Crippen molar-refractivity contribution in [2.45, 2.75) is 6.42 Å². The first-order valence-corrected chi connectivity index (χ1v) is 5.04. The Balaban J connectivity index is 2.87. The lowest BCUT2D eigenvalue weighted by Crippen LogP contribution is -2.05. The molecule has 15 heavy (non-hydrogen) atoms. The number of hydrogen-bond donors (Lipinski definition) is 3. The molecule has 3 N–H and O–H groups in total. The Morgan fingerprint density at radius 3 is 2.93 bits per heavy atom. The first-order valence-electron chi connectivity index (χ1n) is 4.41. The number of nitrogens with two attached hydrogens (primary N) is 1. The molecule has 0 aromatic carbocycles. The number of hydrogen-bond acceptors (Lipinski definition) is 4. The van der Waals surface area contributed by atoms with Crippen molar-refractivity contribution in [1.29, 1.82) is 0 Å². The number of carboxylic acid groups (broad SMARTS) is 1. The number of thiol groups is 1. The molecule has 0 spiro atoms. The topological polar surface area (TPSA) is 76.2 Å². The fraction of sp³-hybridized carbons (Fsp3) is 0.200. The van der Waals surface area contributed by atoms with Crippen molar-refractivity contribution in [3.05, 3.63) is 29.6 Å². The first kappa shape index (κ1) is 11.6. The highest BCUT2D eigenvalue weighted by Crippen LogP contribution is 2.12. The van der Waals surface area contributed by atoms with E-state index in [1.165, 1.54) is 6.20 Å². The van der Waals surface area contributed by atoms with E-state index in [-0.39, 0.29) is 11.4 Å². The van der Waals surface area contributed by atoms with E-state index < -0.39 is 5.97 Å². The SMILES string of the molecule is Nc1cc(C=CCCS)cnc1C(=O)O. The number of nitrogens with zero attached hydrogens (tertiary/aromatic N) is 1. The molecule has 5 heteroatoms. The summed E-state index contributed by atoms with van der Waals surface area (Å²) in [6, 6.07) is 1.59. The third-order valence-electron chi connectivity index (χ3n) is 1.75. The molecule has 0 amide bonds. The van der Waals surface area contributed by atoms with Gasteiger partial charge in [0.05, 0.1) is 5.69 Å². The maximum Gasteiger partial charge on any atom is 0.356 e. The van der Waals surface area contributed by atoms with Crippen molar-refractivity contribution < 1.29 is 9.90 Å². The van der Waals surface area contributed by atoms with Crippen LogP contribution in [0.4, 0.5) is 5.69 Å². The second kappa shape index (κ2) is 5.41. The van der Waals surface area contributed by atoms with Crippen molar-refractivity contribution in [3.8, 4) is 0 Å². The molecule has 4 nitrogen and oxygen atoms in total. The highest BCUT2D eigenvalue weighted by molar-refractivity contribution is 7.80. The van der Waals surface area contributed by atoms with Crippen LogP contribution in [-0.4, -0.2) is 21.8 Å². The van der Waals surface area contributed by atoms with E-state index >= 15 is 0 Å². The van der Waals surface area contributed by atoms with Crippen LogP contribution in [0.1, 0.15) is 22.5 Å². The number of rotatable bonds is 4. The summed E-state index contributed by atoms with van der Waals surface area (Å²) in [6.45, 7) is 0. The third kappa shape index (κ3) is 3.28. The molecule has 0 saturated carbocycles. The summed E-state index contributed by atoms with van der Waals surface area (Å²) in [7, 11) is 0. The molecule has 1 aromatic rings. The molecule has 1 aromatic heterocycles. The predicted molar refractivity (Wildman–Crippen MR) is 63.1 cm³/mol.